The van der Waals surface area contributed by atoms with Gasteiger partial charge in [0, 0.05) is 18.6 Å². The highest BCUT2D eigenvalue weighted by Crippen LogP contribution is 2.32. The summed E-state index contributed by atoms with van der Waals surface area (Å²) in [7, 11) is 4.17. The Hall–Kier alpha value is -2.53. The Morgan fingerprint density at radius 1 is 1.11 bits per heavy atom. The van der Waals surface area contributed by atoms with Crippen LogP contribution in [0, 0.1) is 0 Å². The second-order valence-electron chi connectivity index (χ2n) is 7.95. The maximum absolute atomic E-state index is 12.3. The molecule has 0 aromatic heterocycles. The van der Waals surface area contributed by atoms with E-state index in [1.807, 2.05) is 30.3 Å². The number of amides is 2. The van der Waals surface area contributed by atoms with Crippen molar-refractivity contribution in [2.24, 2.45) is 0 Å². The summed E-state index contributed by atoms with van der Waals surface area (Å²) in [6.45, 7) is 1.21. The van der Waals surface area contributed by atoms with E-state index in [1.165, 1.54) is 16.7 Å². The summed E-state index contributed by atoms with van der Waals surface area (Å²) in [4.78, 5) is 14.6. The van der Waals surface area contributed by atoms with Gasteiger partial charge in [-0.25, -0.2) is 4.79 Å². The van der Waals surface area contributed by atoms with E-state index in [0.29, 0.717) is 18.8 Å². The highest BCUT2D eigenvalue weighted by atomic mass is 16.3. The second-order valence-corrected chi connectivity index (χ2v) is 7.95. The minimum absolute atomic E-state index is 0.118. The topological polar surface area (TPSA) is 64.6 Å². The second kappa shape index (κ2) is 9.11. The minimum atomic E-state index is -0.126. The molecule has 1 unspecified atom stereocenters. The van der Waals surface area contributed by atoms with Gasteiger partial charge in [-0.3, -0.25) is 0 Å². The molecule has 0 bridgehead atoms. The molecular formula is C23H31N3O2. The first-order valence-corrected chi connectivity index (χ1v) is 10.0. The summed E-state index contributed by atoms with van der Waals surface area (Å²) in [6, 6.07) is 15.7. The number of phenolic OH excluding ortho intramolecular Hbond substituents is 1. The number of fused-ring (bicyclic) bond motifs is 1. The number of aromatic hydroxyl groups is 1. The molecule has 150 valence electrons. The van der Waals surface area contributed by atoms with Gasteiger partial charge in [0.2, 0.25) is 0 Å². The van der Waals surface area contributed by atoms with Crippen molar-refractivity contribution in [2.75, 3.05) is 27.2 Å². The molecule has 2 amide bonds. The fraction of sp³-hybridized carbons (Fsp3) is 0.435. The van der Waals surface area contributed by atoms with E-state index >= 15 is 0 Å². The molecule has 2 aromatic carbocycles. The van der Waals surface area contributed by atoms with Crippen LogP contribution in [0.1, 0.15) is 29.5 Å². The Bertz CT molecular complexity index is 792. The molecule has 3 N–H and O–H groups in total. The van der Waals surface area contributed by atoms with Gasteiger partial charge in [-0.2, -0.15) is 0 Å². The summed E-state index contributed by atoms with van der Waals surface area (Å²) < 4.78 is 0. The monoisotopic (exact) mass is 381 g/mol. The lowest BCUT2D eigenvalue weighted by atomic mass is 9.86. The first-order valence-electron chi connectivity index (χ1n) is 10.0. The van der Waals surface area contributed by atoms with Gasteiger partial charge >= 0.3 is 6.03 Å². The third-order valence-corrected chi connectivity index (χ3v) is 5.87. The number of phenols is 1. The highest BCUT2D eigenvalue weighted by Gasteiger charge is 2.35. The minimum Gasteiger partial charge on any atom is -0.508 e. The van der Waals surface area contributed by atoms with E-state index in [2.05, 4.69) is 41.8 Å². The number of carbonyl (C=O) groups is 1. The molecule has 1 aliphatic rings. The average molecular weight is 382 g/mol. The smallest absolute Gasteiger partial charge is 0.314 e. The quantitative estimate of drug-likeness (QED) is 0.674. The summed E-state index contributed by atoms with van der Waals surface area (Å²) >= 11 is 0. The summed E-state index contributed by atoms with van der Waals surface area (Å²) in [5.41, 5.74) is 3.57. The van der Waals surface area contributed by atoms with Crippen molar-refractivity contribution in [3.05, 3.63) is 65.2 Å². The van der Waals surface area contributed by atoms with Crippen LogP contribution in [0.5, 0.6) is 5.75 Å². The van der Waals surface area contributed by atoms with Crippen LogP contribution in [0.25, 0.3) is 0 Å². The predicted molar refractivity (Wildman–Crippen MR) is 113 cm³/mol. The van der Waals surface area contributed by atoms with Crippen LogP contribution in [-0.2, 0) is 19.3 Å². The molecular weight excluding hydrogens is 350 g/mol. The number of aryl methyl sites for hydroxylation is 1. The fourth-order valence-corrected chi connectivity index (χ4v) is 4.03. The van der Waals surface area contributed by atoms with Crippen LogP contribution < -0.4 is 10.6 Å². The molecule has 0 radical (unpaired) electrons. The maximum atomic E-state index is 12.3. The van der Waals surface area contributed by atoms with E-state index in [-0.39, 0.29) is 11.6 Å². The largest absolute Gasteiger partial charge is 0.508 e. The summed E-state index contributed by atoms with van der Waals surface area (Å²) in [5.74, 6) is 0.326. The van der Waals surface area contributed by atoms with Crippen LogP contribution in [0.4, 0.5) is 4.79 Å². The number of hydrogen-bond donors (Lipinski definition) is 3. The number of urea groups is 1. The van der Waals surface area contributed by atoms with Gasteiger partial charge in [0.15, 0.2) is 0 Å². The molecule has 3 rings (SSSR count). The molecule has 5 nitrogen and oxygen atoms in total. The average Bonchev–Trinajstić information content (AvgIpc) is 2.87. The standard InChI is InChI=1S/C23H31N3O2/c1-26(2)23(13-6-9-19-15-21(27)11-10-20(19)16-23)17-25-22(28)24-14-12-18-7-4-3-5-8-18/h3-5,7-8,10-11,15,27H,6,9,12-14,16-17H2,1-2H3,(H2,24,25,28). The van der Waals surface area contributed by atoms with Gasteiger partial charge in [0.05, 0.1) is 0 Å². The van der Waals surface area contributed by atoms with E-state index < -0.39 is 0 Å². The number of rotatable bonds is 6. The Morgan fingerprint density at radius 3 is 2.64 bits per heavy atom. The van der Waals surface area contributed by atoms with E-state index in [9.17, 15) is 9.90 Å². The summed E-state index contributed by atoms with van der Waals surface area (Å²) in [6.07, 6.45) is 4.68. The number of nitrogens with one attached hydrogen (secondary N) is 2. The van der Waals surface area contributed by atoms with Gasteiger partial charge < -0.3 is 20.6 Å². The van der Waals surface area contributed by atoms with Crippen LogP contribution in [-0.4, -0.2) is 48.8 Å². The Kier molecular flexibility index (Phi) is 6.57. The lowest BCUT2D eigenvalue weighted by Crippen LogP contribution is -2.55. The first-order chi connectivity index (χ1) is 13.5. The Morgan fingerprint density at radius 2 is 1.89 bits per heavy atom. The van der Waals surface area contributed by atoms with Crippen molar-refractivity contribution >= 4 is 6.03 Å². The number of carbonyl (C=O) groups excluding carboxylic acids is 1. The van der Waals surface area contributed by atoms with Crippen molar-refractivity contribution in [3.8, 4) is 5.75 Å². The molecule has 0 heterocycles. The lowest BCUT2D eigenvalue weighted by Gasteiger charge is -2.40. The number of nitrogens with zero attached hydrogens (tertiary/aromatic N) is 1. The normalized spacial score (nSPS) is 19.0. The van der Waals surface area contributed by atoms with Gasteiger partial charge in [-0.1, -0.05) is 36.4 Å². The van der Waals surface area contributed by atoms with Crippen LogP contribution >= 0.6 is 0 Å². The van der Waals surface area contributed by atoms with Gasteiger partial charge in [-0.05, 0) is 75.0 Å². The van der Waals surface area contributed by atoms with E-state index in [0.717, 1.165) is 32.1 Å². The molecule has 28 heavy (non-hydrogen) atoms. The molecule has 1 atom stereocenters. The molecule has 0 fully saturated rings. The van der Waals surface area contributed by atoms with Crippen molar-refractivity contribution < 1.29 is 9.90 Å². The molecule has 0 aliphatic heterocycles. The maximum Gasteiger partial charge on any atom is 0.314 e. The number of hydrogen-bond acceptors (Lipinski definition) is 3. The van der Waals surface area contributed by atoms with Crippen molar-refractivity contribution in [3.63, 3.8) is 0 Å². The van der Waals surface area contributed by atoms with Gasteiger partial charge in [-0.15, -0.1) is 0 Å². The van der Waals surface area contributed by atoms with Crippen LogP contribution in [0.15, 0.2) is 48.5 Å². The van der Waals surface area contributed by atoms with Crippen molar-refractivity contribution in [2.45, 2.75) is 37.6 Å². The first kappa shape index (κ1) is 20.2. The van der Waals surface area contributed by atoms with Crippen LogP contribution in [0.3, 0.4) is 0 Å². The molecule has 1 aliphatic carbocycles. The van der Waals surface area contributed by atoms with Crippen molar-refractivity contribution in [1.82, 2.24) is 15.5 Å². The molecule has 5 heteroatoms. The van der Waals surface area contributed by atoms with Crippen molar-refractivity contribution in [1.29, 1.82) is 0 Å². The fourth-order valence-electron chi connectivity index (χ4n) is 4.03. The Labute approximate surface area is 167 Å². The number of benzene rings is 2. The predicted octanol–water partition coefficient (Wildman–Crippen LogP) is 3.11. The number of likely N-dealkylation sites (N-methyl/N-ethyl adjacent to an activating group) is 1. The van der Waals surface area contributed by atoms with Gasteiger partial charge in [0.25, 0.3) is 0 Å². The zero-order chi connectivity index (χ0) is 20.0. The molecule has 0 saturated heterocycles. The lowest BCUT2D eigenvalue weighted by molar-refractivity contribution is 0.136. The third-order valence-electron chi connectivity index (χ3n) is 5.87. The molecule has 2 aromatic rings. The SMILES string of the molecule is CN(C)C1(CNC(=O)NCCc2ccccc2)CCCc2cc(O)ccc2C1. The Balaban J connectivity index is 1.58. The zero-order valence-corrected chi connectivity index (χ0v) is 16.9. The molecule has 0 saturated carbocycles. The van der Waals surface area contributed by atoms with Crippen LogP contribution in [0.2, 0.25) is 0 Å². The van der Waals surface area contributed by atoms with Gasteiger partial charge in [0.1, 0.15) is 5.75 Å². The van der Waals surface area contributed by atoms with E-state index in [4.69, 9.17) is 0 Å². The van der Waals surface area contributed by atoms with E-state index in [1.54, 1.807) is 6.07 Å². The zero-order valence-electron chi connectivity index (χ0n) is 16.9. The molecule has 0 spiro atoms. The summed E-state index contributed by atoms with van der Waals surface area (Å²) in [5, 5.41) is 15.8. The third kappa shape index (κ3) is 5.04. The highest BCUT2D eigenvalue weighted by molar-refractivity contribution is 5.73.